The van der Waals surface area contributed by atoms with E-state index >= 15 is 0 Å². The fraction of sp³-hybridized carbons (Fsp3) is 0.333. The van der Waals surface area contributed by atoms with E-state index in [-0.39, 0.29) is 0 Å². The molecule has 92 valence electrons. The Kier molecular flexibility index (Phi) is 4.66. The maximum Gasteiger partial charge on any atom is 0.338 e. The molecule has 1 rings (SSSR count). The zero-order chi connectivity index (χ0) is 12.8. The molecular formula is C12H15NO4. The van der Waals surface area contributed by atoms with Gasteiger partial charge >= 0.3 is 5.97 Å². The van der Waals surface area contributed by atoms with Gasteiger partial charge in [0.05, 0.1) is 12.2 Å². The molecule has 1 aromatic rings. The molecule has 5 nitrogen and oxygen atoms in total. The molecule has 0 radical (unpaired) electrons. The highest BCUT2D eigenvalue weighted by atomic mass is 16.5. The summed E-state index contributed by atoms with van der Waals surface area (Å²) in [5, 5.41) is 0. The van der Waals surface area contributed by atoms with E-state index in [9.17, 15) is 9.59 Å². The second-order valence-corrected chi connectivity index (χ2v) is 3.58. The molecule has 0 heterocycles. The molecule has 1 atom stereocenters. The van der Waals surface area contributed by atoms with Crippen LogP contribution >= 0.6 is 0 Å². The van der Waals surface area contributed by atoms with Gasteiger partial charge in [-0.1, -0.05) is 12.1 Å². The minimum absolute atomic E-state index is 0.368. The first-order valence-electron chi connectivity index (χ1n) is 5.12. The lowest BCUT2D eigenvalue weighted by atomic mass is 10.1. The predicted octanol–water partition coefficient (Wildman–Crippen LogP) is 0.864. The molecule has 0 saturated carbocycles. The molecule has 5 heteroatoms. The zero-order valence-corrected chi connectivity index (χ0v) is 9.80. The standard InChI is InChI=1S/C12H15NO4/c1-8(11(13)14)17-12(15)10-5-3-4-9(6-10)7-16-2/h3-6,8H,7H2,1-2H3,(H2,13,14)/t8-/m0/s1. The Morgan fingerprint density at radius 3 is 2.71 bits per heavy atom. The molecule has 0 spiro atoms. The van der Waals surface area contributed by atoms with E-state index in [1.54, 1.807) is 25.3 Å². The molecule has 1 amide bonds. The Labute approximate surface area is 99.5 Å². The van der Waals surface area contributed by atoms with Crippen molar-refractivity contribution in [3.05, 3.63) is 35.4 Å². The van der Waals surface area contributed by atoms with Crippen LogP contribution in [0.5, 0.6) is 0 Å². The van der Waals surface area contributed by atoms with Crippen molar-refractivity contribution in [2.45, 2.75) is 19.6 Å². The molecule has 0 aliphatic heterocycles. The Hall–Kier alpha value is -1.88. The number of esters is 1. The number of primary amides is 1. The lowest BCUT2D eigenvalue weighted by molar-refractivity contribution is -0.125. The first-order valence-corrected chi connectivity index (χ1v) is 5.12. The minimum Gasteiger partial charge on any atom is -0.449 e. The monoisotopic (exact) mass is 237 g/mol. The third kappa shape index (κ3) is 3.88. The van der Waals surface area contributed by atoms with Gasteiger partial charge in [0, 0.05) is 7.11 Å². The summed E-state index contributed by atoms with van der Waals surface area (Å²) in [5.74, 6) is -1.25. The summed E-state index contributed by atoms with van der Waals surface area (Å²) in [7, 11) is 1.57. The van der Waals surface area contributed by atoms with E-state index in [1.165, 1.54) is 6.92 Å². The molecule has 0 unspecified atom stereocenters. The Morgan fingerprint density at radius 1 is 1.41 bits per heavy atom. The quantitative estimate of drug-likeness (QED) is 0.770. The van der Waals surface area contributed by atoms with Crippen LogP contribution in [-0.2, 0) is 20.9 Å². The van der Waals surface area contributed by atoms with Gasteiger partial charge in [-0.3, -0.25) is 4.79 Å². The number of ether oxygens (including phenoxy) is 2. The van der Waals surface area contributed by atoms with Crippen molar-refractivity contribution in [2.75, 3.05) is 7.11 Å². The first kappa shape index (κ1) is 13.2. The van der Waals surface area contributed by atoms with E-state index in [0.29, 0.717) is 12.2 Å². The summed E-state index contributed by atoms with van der Waals surface area (Å²) in [6.45, 7) is 1.84. The largest absolute Gasteiger partial charge is 0.449 e. The van der Waals surface area contributed by atoms with Gasteiger partial charge in [-0.15, -0.1) is 0 Å². The van der Waals surface area contributed by atoms with Crippen LogP contribution in [0.2, 0.25) is 0 Å². The SMILES string of the molecule is COCc1cccc(C(=O)O[C@@H](C)C(N)=O)c1. The molecule has 2 N–H and O–H groups in total. The molecule has 0 aliphatic rings. The fourth-order valence-corrected chi connectivity index (χ4v) is 1.24. The van der Waals surface area contributed by atoms with Crippen LogP contribution in [0.1, 0.15) is 22.8 Å². The van der Waals surface area contributed by atoms with E-state index in [4.69, 9.17) is 15.2 Å². The van der Waals surface area contributed by atoms with Crippen molar-refractivity contribution in [3.8, 4) is 0 Å². The third-order valence-electron chi connectivity index (χ3n) is 2.16. The van der Waals surface area contributed by atoms with Gasteiger partial charge in [-0.2, -0.15) is 0 Å². The summed E-state index contributed by atoms with van der Waals surface area (Å²) < 4.78 is 9.83. The highest BCUT2D eigenvalue weighted by molar-refractivity contribution is 5.92. The van der Waals surface area contributed by atoms with Crippen LogP contribution in [-0.4, -0.2) is 25.1 Å². The van der Waals surface area contributed by atoms with E-state index in [0.717, 1.165) is 5.56 Å². The number of hydrogen-bond acceptors (Lipinski definition) is 4. The summed E-state index contributed by atoms with van der Waals surface area (Å²) in [5.41, 5.74) is 6.23. The van der Waals surface area contributed by atoms with Crippen molar-refractivity contribution < 1.29 is 19.1 Å². The van der Waals surface area contributed by atoms with Crippen LogP contribution in [0.15, 0.2) is 24.3 Å². The van der Waals surface area contributed by atoms with Crippen LogP contribution in [0.4, 0.5) is 0 Å². The van der Waals surface area contributed by atoms with Crippen molar-refractivity contribution in [3.63, 3.8) is 0 Å². The van der Waals surface area contributed by atoms with E-state index < -0.39 is 18.0 Å². The van der Waals surface area contributed by atoms with Gasteiger partial charge in [0.1, 0.15) is 0 Å². The minimum atomic E-state index is -0.936. The summed E-state index contributed by atoms with van der Waals surface area (Å²) in [4.78, 5) is 22.4. The topological polar surface area (TPSA) is 78.6 Å². The normalized spacial score (nSPS) is 11.9. The molecule has 1 aromatic carbocycles. The van der Waals surface area contributed by atoms with Crippen LogP contribution in [0.3, 0.4) is 0 Å². The molecule has 0 aromatic heterocycles. The van der Waals surface area contributed by atoms with Crippen LogP contribution in [0.25, 0.3) is 0 Å². The average molecular weight is 237 g/mol. The number of methoxy groups -OCH3 is 1. The molecule has 0 bridgehead atoms. The Balaban J connectivity index is 2.75. The Morgan fingerprint density at radius 2 is 2.12 bits per heavy atom. The Bertz CT molecular complexity index is 417. The number of amides is 1. The average Bonchev–Trinajstić information content (AvgIpc) is 2.29. The fourth-order valence-electron chi connectivity index (χ4n) is 1.24. The van der Waals surface area contributed by atoms with E-state index in [1.807, 2.05) is 6.07 Å². The number of hydrogen-bond donors (Lipinski definition) is 1. The van der Waals surface area contributed by atoms with Crippen LogP contribution < -0.4 is 5.73 Å². The zero-order valence-electron chi connectivity index (χ0n) is 9.80. The lowest BCUT2D eigenvalue weighted by Gasteiger charge is -2.10. The number of nitrogens with two attached hydrogens (primary N) is 1. The summed E-state index contributed by atoms with van der Waals surface area (Å²) in [6.07, 6.45) is -0.936. The second-order valence-electron chi connectivity index (χ2n) is 3.58. The van der Waals surface area contributed by atoms with Gasteiger partial charge < -0.3 is 15.2 Å². The number of carbonyl (C=O) groups is 2. The number of benzene rings is 1. The molecule has 0 aliphatic carbocycles. The first-order chi connectivity index (χ1) is 8.04. The number of rotatable bonds is 5. The molecule has 17 heavy (non-hydrogen) atoms. The van der Waals surface area contributed by atoms with Gasteiger partial charge in [0.25, 0.3) is 5.91 Å². The highest BCUT2D eigenvalue weighted by Crippen LogP contribution is 2.09. The smallest absolute Gasteiger partial charge is 0.338 e. The summed E-state index contributed by atoms with van der Waals surface area (Å²) >= 11 is 0. The maximum absolute atomic E-state index is 11.6. The van der Waals surface area contributed by atoms with Crippen molar-refractivity contribution in [1.82, 2.24) is 0 Å². The van der Waals surface area contributed by atoms with Gasteiger partial charge in [-0.05, 0) is 24.6 Å². The predicted molar refractivity (Wildman–Crippen MR) is 61.2 cm³/mol. The summed E-state index contributed by atoms with van der Waals surface area (Å²) in [6, 6.07) is 6.81. The third-order valence-corrected chi connectivity index (χ3v) is 2.16. The molecule has 0 saturated heterocycles. The molecule has 0 fully saturated rings. The van der Waals surface area contributed by atoms with Crippen molar-refractivity contribution >= 4 is 11.9 Å². The van der Waals surface area contributed by atoms with E-state index in [2.05, 4.69) is 0 Å². The van der Waals surface area contributed by atoms with Crippen LogP contribution in [0, 0.1) is 0 Å². The molecular weight excluding hydrogens is 222 g/mol. The van der Waals surface area contributed by atoms with Gasteiger partial charge in [-0.25, -0.2) is 4.79 Å². The lowest BCUT2D eigenvalue weighted by Crippen LogP contribution is -2.30. The maximum atomic E-state index is 11.6. The van der Waals surface area contributed by atoms with Crippen molar-refractivity contribution in [1.29, 1.82) is 0 Å². The number of carbonyl (C=O) groups excluding carboxylic acids is 2. The van der Waals surface area contributed by atoms with Crippen molar-refractivity contribution in [2.24, 2.45) is 5.73 Å². The van der Waals surface area contributed by atoms with Gasteiger partial charge in [0.2, 0.25) is 0 Å². The van der Waals surface area contributed by atoms with Gasteiger partial charge in [0.15, 0.2) is 6.10 Å². The highest BCUT2D eigenvalue weighted by Gasteiger charge is 2.16. The second kappa shape index (κ2) is 6.00.